The summed E-state index contributed by atoms with van der Waals surface area (Å²) >= 11 is 3.58. The molecule has 2 aliphatic heterocycles. The van der Waals surface area contributed by atoms with Crippen LogP contribution in [0.3, 0.4) is 0 Å². The summed E-state index contributed by atoms with van der Waals surface area (Å²) in [5.74, 6) is 0. The standard InChI is InChI=1S/C13H16BrN/c14-12-5-1-4-11(10-12)13-6-2-8-15(13)9-3-7-13/h1,4-5,10H,2-3,6-9H2. The Morgan fingerprint density at radius 3 is 2.53 bits per heavy atom. The third-order valence-electron chi connectivity index (χ3n) is 4.00. The van der Waals surface area contributed by atoms with Gasteiger partial charge in [-0.1, -0.05) is 28.1 Å². The highest BCUT2D eigenvalue weighted by Crippen LogP contribution is 2.46. The van der Waals surface area contributed by atoms with Gasteiger partial charge in [-0.05, 0) is 56.5 Å². The van der Waals surface area contributed by atoms with Gasteiger partial charge in [-0.15, -0.1) is 0 Å². The lowest BCUT2D eigenvalue weighted by molar-refractivity contribution is 0.197. The van der Waals surface area contributed by atoms with Crippen LogP contribution in [0.1, 0.15) is 31.2 Å². The molecule has 0 radical (unpaired) electrons. The Hall–Kier alpha value is -0.340. The first-order valence-corrected chi connectivity index (χ1v) is 6.62. The molecule has 2 heteroatoms. The van der Waals surface area contributed by atoms with E-state index in [-0.39, 0.29) is 0 Å². The van der Waals surface area contributed by atoms with Crippen LogP contribution in [-0.2, 0) is 5.54 Å². The van der Waals surface area contributed by atoms with E-state index in [0.29, 0.717) is 5.54 Å². The van der Waals surface area contributed by atoms with Crippen molar-refractivity contribution in [1.29, 1.82) is 0 Å². The van der Waals surface area contributed by atoms with Gasteiger partial charge in [-0.3, -0.25) is 4.90 Å². The number of rotatable bonds is 1. The SMILES string of the molecule is Brc1cccc(C23CCCN2CCC3)c1. The zero-order valence-corrected chi connectivity index (χ0v) is 10.5. The smallest absolute Gasteiger partial charge is 0.0462 e. The molecule has 3 rings (SSSR count). The fourth-order valence-corrected chi connectivity index (χ4v) is 3.75. The maximum atomic E-state index is 3.58. The quantitative estimate of drug-likeness (QED) is 0.751. The molecular formula is C13H16BrN. The first-order valence-electron chi connectivity index (χ1n) is 5.82. The molecule has 1 aromatic carbocycles. The normalized spacial score (nSPS) is 24.3. The van der Waals surface area contributed by atoms with E-state index in [1.54, 1.807) is 0 Å². The second kappa shape index (κ2) is 3.60. The third kappa shape index (κ3) is 1.46. The number of hydrogen-bond donors (Lipinski definition) is 0. The van der Waals surface area contributed by atoms with Crippen LogP contribution >= 0.6 is 15.9 Å². The average molecular weight is 266 g/mol. The van der Waals surface area contributed by atoms with E-state index in [0.717, 1.165) is 0 Å². The topological polar surface area (TPSA) is 3.24 Å². The zero-order chi connectivity index (χ0) is 10.3. The van der Waals surface area contributed by atoms with E-state index in [1.165, 1.54) is 48.8 Å². The lowest BCUT2D eigenvalue weighted by Crippen LogP contribution is -2.35. The maximum absolute atomic E-state index is 3.58. The van der Waals surface area contributed by atoms with Gasteiger partial charge in [-0.25, -0.2) is 0 Å². The van der Waals surface area contributed by atoms with Crippen LogP contribution in [0.5, 0.6) is 0 Å². The minimum Gasteiger partial charge on any atom is -0.294 e. The molecule has 2 aliphatic rings. The van der Waals surface area contributed by atoms with Crippen LogP contribution in [0.2, 0.25) is 0 Å². The molecule has 0 bridgehead atoms. The van der Waals surface area contributed by atoms with Crippen molar-refractivity contribution in [3.63, 3.8) is 0 Å². The van der Waals surface area contributed by atoms with Crippen LogP contribution < -0.4 is 0 Å². The van der Waals surface area contributed by atoms with Crippen LogP contribution in [0.4, 0.5) is 0 Å². The molecule has 2 fully saturated rings. The molecule has 0 aliphatic carbocycles. The molecule has 1 aromatic rings. The van der Waals surface area contributed by atoms with Gasteiger partial charge in [0, 0.05) is 10.0 Å². The van der Waals surface area contributed by atoms with E-state index in [2.05, 4.69) is 45.1 Å². The van der Waals surface area contributed by atoms with E-state index >= 15 is 0 Å². The highest BCUT2D eigenvalue weighted by Gasteiger charge is 2.45. The van der Waals surface area contributed by atoms with Crippen molar-refractivity contribution in [2.45, 2.75) is 31.2 Å². The Balaban J connectivity index is 2.04. The lowest BCUT2D eigenvalue weighted by atomic mass is 9.86. The van der Waals surface area contributed by atoms with E-state index in [9.17, 15) is 0 Å². The molecule has 0 spiro atoms. The highest BCUT2D eigenvalue weighted by atomic mass is 79.9. The van der Waals surface area contributed by atoms with Crippen LogP contribution in [0.25, 0.3) is 0 Å². The molecule has 2 heterocycles. The number of nitrogens with zero attached hydrogens (tertiary/aromatic N) is 1. The van der Waals surface area contributed by atoms with Crippen molar-refractivity contribution < 1.29 is 0 Å². The Kier molecular flexibility index (Phi) is 2.37. The predicted octanol–water partition coefficient (Wildman–Crippen LogP) is 3.53. The Labute approximate surface area is 99.6 Å². The lowest BCUT2D eigenvalue weighted by Gasteiger charge is -2.32. The number of hydrogen-bond acceptors (Lipinski definition) is 1. The molecule has 80 valence electrons. The summed E-state index contributed by atoms with van der Waals surface area (Å²) in [6.07, 6.45) is 5.44. The minimum absolute atomic E-state index is 0.393. The molecular weight excluding hydrogens is 250 g/mol. The number of halogens is 1. The van der Waals surface area contributed by atoms with Crippen LogP contribution in [-0.4, -0.2) is 18.0 Å². The molecule has 0 amide bonds. The summed E-state index contributed by atoms with van der Waals surface area (Å²) in [7, 11) is 0. The summed E-state index contributed by atoms with van der Waals surface area (Å²) in [5, 5.41) is 0. The van der Waals surface area contributed by atoms with E-state index in [1.807, 2.05) is 0 Å². The van der Waals surface area contributed by atoms with Gasteiger partial charge in [0.1, 0.15) is 0 Å². The Morgan fingerprint density at radius 1 is 1.13 bits per heavy atom. The summed E-state index contributed by atoms with van der Waals surface area (Å²) < 4.78 is 1.22. The van der Waals surface area contributed by atoms with E-state index in [4.69, 9.17) is 0 Å². The average Bonchev–Trinajstić information content (AvgIpc) is 2.75. The monoisotopic (exact) mass is 265 g/mol. The van der Waals surface area contributed by atoms with Crippen molar-refractivity contribution >= 4 is 15.9 Å². The minimum atomic E-state index is 0.393. The third-order valence-corrected chi connectivity index (χ3v) is 4.50. The molecule has 15 heavy (non-hydrogen) atoms. The van der Waals surface area contributed by atoms with Gasteiger partial charge in [0.2, 0.25) is 0 Å². The maximum Gasteiger partial charge on any atom is 0.0462 e. The fourth-order valence-electron chi connectivity index (χ4n) is 3.35. The van der Waals surface area contributed by atoms with Gasteiger partial charge in [-0.2, -0.15) is 0 Å². The van der Waals surface area contributed by atoms with Gasteiger partial charge in [0.25, 0.3) is 0 Å². The fraction of sp³-hybridized carbons (Fsp3) is 0.538. The molecule has 2 saturated heterocycles. The first-order chi connectivity index (χ1) is 7.31. The molecule has 0 N–H and O–H groups in total. The second-order valence-corrected chi connectivity index (χ2v) is 5.65. The summed E-state index contributed by atoms with van der Waals surface area (Å²) in [6.45, 7) is 2.60. The second-order valence-electron chi connectivity index (χ2n) is 4.74. The number of fused-ring (bicyclic) bond motifs is 1. The van der Waals surface area contributed by atoms with Crippen molar-refractivity contribution in [3.05, 3.63) is 34.3 Å². The predicted molar refractivity (Wildman–Crippen MR) is 65.9 cm³/mol. The Bertz CT molecular complexity index is 365. The molecule has 0 atom stereocenters. The largest absolute Gasteiger partial charge is 0.294 e. The summed E-state index contributed by atoms with van der Waals surface area (Å²) in [4.78, 5) is 2.69. The molecule has 0 saturated carbocycles. The van der Waals surface area contributed by atoms with Crippen molar-refractivity contribution in [2.24, 2.45) is 0 Å². The molecule has 1 nitrogen and oxygen atoms in total. The Morgan fingerprint density at radius 2 is 1.87 bits per heavy atom. The summed E-state index contributed by atoms with van der Waals surface area (Å²) in [5.41, 5.74) is 1.91. The zero-order valence-electron chi connectivity index (χ0n) is 8.88. The first kappa shape index (κ1) is 9.86. The van der Waals surface area contributed by atoms with Crippen molar-refractivity contribution in [3.8, 4) is 0 Å². The summed E-state index contributed by atoms with van der Waals surface area (Å²) in [6, 6.07) is 8.90. The highest BCUT2D eigenvalue weighted by molar-refractivity contribution is 9.10. The molecule has 0 aromatic heterocycles. The van der Waals surface area contributed by atoms with Gasteiger partial charge in [0.15, 0.2) is 0 Å². The van der Waals surface area contributed by atoms with Gasteiger partial charge in [0.05, 0.1) is 0 Å². The number of benzene rings is 1. The van der Waals surface area contributed by atoms with Crippen LogP contribution in [0, 0.1) is 0 Å². The van der Waals surface area contributed by atoms with E-state index < -0.39 is 0 Å². The van der Waals surface area contributed by atoms with Crippen LogP contribution in [0.15, 0.2) is 28.7 Å². The van der Waals surface area contributed by atoms with Gasteiger partial charge < -0.3 is 0 Å². The molecule has 0 unspecified atom stereocenters. The van der Waals surface area contributed by atoms with Gasteiger partial charge >= 0.3 is 0 Å². The van der Waals surface area contributed by atoms with Crippen molar-refractivity contribution in [2.75, 3.05) is 13.1 Å². The van der Waals surface area contributed by atoms with Crippen molar-refractivity contribution in [1.82, 2.24) is 4.90 Å².